The van der Waals surface area contributed by atoms with Crippen molar-refractivity contribution in [2.75, 3.05) is 0 Å². The van der Waals surface area contributed by atoms with Gasteiger partial charge in [0.15, 0.2) is 0 Å². The lowest BCUT2D eigenvalue weighted by atomic mass is 9.84. The van der Waals surface area contributed by atoms with Crippen molar-refractivity contribution < 1.29 is 4.74 Å². The van der Waals surface area contributed by atoms with Gasteiger partial charge in [-0.1, -0.05) is 58.8 Å². The third-order valence-corrected chi connectivity index (χ3v) is 6.08. The van der Waals surface area contributed by atoms with Crippen LogP contribution in [0.25, 0.3) is 10.1 Å². The van der Waals surface area contributed by atoms with E-state index in [0.29, 0.717) is 21.9 Å². The Kier molecular flexibility index (Phi) is 4.12. The average molecular weight is 401 g/mol. The molecule has 1 aliphatic rings. The Morgan fingerprint density at radius 1 is 1.15 bits per heavy atom. The monoisotopic (exact) mass is 400 g/mol. The molecule has 0 amide bonds. The van der Waals surface area contributed by atoms with Gasteiger partial charge in [-0.2, -0.15) is 5.26 Å². The molecule has 1 atom stereocenters. The lowest BCUT2D eigenvalue weighted by molar-refractivity contribution is 0.398. The third kappa shape index (κ3) is 2.46. The zero-order valence-corrected chi connectivity index (χ0v) is 15.5. The number of hydrogen-bond acceptors (Lipinski definition) is 5. The fourth-order valence-corrected chi connectivity index (χ4v) is 4.47. The smallest absolute Gasteiger partial charge is 0.240 e. The van der Waals surface area contributed by atoms with Gasteiger partial charge in [-0.3, -0.25) is 4.79 Å². The quantitative estimate of drug-likeness (QED) is 0.636. The number of nitrogens with zero attached hydrogens (tertiary/aromatic N) is 1. The lowest BCUT2D eigenvalue weighted by Crippen LogP contribution is -2.25. The highest BCUT2D eigenvalue weighted by Gasteiger charge is 2.35. The zero-order valence-electron chi connectivity index (χ0n) is 13.1. The summed E-state index contributed by atoms with van der Waals surface area (Å²) in [6, 6.07) is 14.5. The number of rotatable bonds is 1. The predicted octanol–water partition coefficient (Wildman–Crippen LogP) is 4.79. The van der Waals surface area contributed by atoms with Gasteiger partial charge in [0, 0.05) is 10.1 Å². The SMILES string of the molecule is N#CC1=C(N)Oc2c(c(=O)sc3ccccc23)C1c1cccc(Cl)c1Cl. The van der Waals surface area contributed by atoms with Gasteiger partial charge < -0.3 is 10.5 Å². The molecular formula is C19H10Cl2N2O2S. The van der Waals surface area contributed by atoms with E-state index in [2.05, 4.69) is 6.07 Å². The van der Waals surface area contributed by atoms with Crippen LogP contribution in [0.4, 0.5) is 0 Å². The normalized spacial score (nSPS) is 16.1. The summed E-state index contributed by atoms with van der Waals surface area (Å²) in [7, 11) is 0. The first-order chi connectivity index (χ1) is 12.5. The van der Waals surface area contributed by atoms with Gasteiger partial charge in [-0.15, -0.1) is 0 Å². The average Bonchev–Trinajstić information content (AvgIpc) is 2.63. The number of halogens is 2. The van der Waals surface area contributed by atoms with Gasteiger partial charge in [0.1, 0.15) is 17.4 Å². The molecule has 0 spiro atoms. The number of nitriles is 1. The number of hydrogen-bond donors (Lipinski definition) is 1. The Morgan fingerprint density at radius 3 is 2.69 bits per heavy atom. The molecule has 128 valence electrons. The van der Waals surface area contributed by atoms with E-state index in [1.54, 1.807) is 18.2 Å². The first kappa shape index (κ1) is 16.9. The summed E-state index contributed by atoms with van der Waals surface area (Å²) in [5.74, 6) is -0.410. The molecule has 0 aliphatic carbocycles. The molecule has 2 aromatic carbocycles. The topological polar surface area (TPSA) is 76.1 Å². The number of ether oxygens (including phenoxy) is 1. The maximum Gasteiger partial charge on any atom is 0.240 e. The van der Waals surface area contributed by atoms with E-state index >= 15 is 0 Å². The lowest BCUT2D eigenvalue weighted by Gasteiger charge is -2.27. The van der Waals surface area contributed by atoms with Gasteiger partial charge in [0.2, 0.25) is 10.6 Å². The van der Waals surface area contributed by atoms with E-state index in [4.69, 9.17) is 33.7 Å². The minimum Gasteiger partial charge on any atom is -0.439 e. The molecule has 0 saturated carbocycles. The van der Waals surface area contributed by atoms with E-state index in [9.17, 15) is 10.1 Å². The van der Waals surface area contributed by atoms with Crippen LogP contribution in [0, 0.1) is 11.3 Å². The van der Waals surface area contributed by atoms with Crippen molar-refractivity contribution >= 4 is 44.6 Å². The van der Waals surface area contributed by atoms with E-state index in [1.165, 1.54) is 0 Å². The Hall–Kier alpha value is -2.52. The number of benzene rings is 2. The fraction of sp³-hybridized carbons (Fsp3) is 0.0526. The standard InChI is InChI=1S/C19H10Cl2N2O2S/c20-12-6-3-5-10(16(12)21)14-11(8-22)18(23)25-17-9-4-1-2-7-13(9)26-19(24)15(14)17/h1-7,14H,23H2. The van der Waals surface area contributed by atoms with Crippen molar-refractivity contribution in [1.82, 2.24) is 0 Å². The third-order valence-electron chi connectivity index (χ3n) is 4.27. The second kappa shape index (κ2) is 6.33. The zero-order chi connectivity index (χ0) is 18.4. The van der Waals surface area contributed by atoms with Crippen LogP contribution >= 0.6 is 34.5 Å². The van der Waals surface area contributed by atoms with Gasteiger partial charge in [-0.25, -0.2) is 0 Å². The van der Waals surface area contributed by atoms with Crippen LogP contribution in [-0.2, 0) is 0 Å². The van der Waals surface area contributed by atoms with Gasteiger partial charge in [0.05, 0.1) is 21.5 Å². The van der Waals surface area contributed by atoms with Crippen molar-refractivity contribution in [2.45, 2.75) is 5.92 Å². The molecule has 0 fully saturated rings. The molecule has 26 heavy (non-hydrogen) atoms. The van der Waals surface area contributed by atoms with Crippen LogP contribution in [0.3, 0.4) is 0 Å². The Morgan fingerprint density at radius 2 is 1.92 bits per heavy atom. The molecule has 4 rings (SSSR count). The highest BCUT2D eigenvalue weighted by molar-refractivity contribution is 7.16. The molecule has 1 aliphatic heterocycles. The van der Waals surface area contributed by atoms with Gasteiger partial charge in [-0.05, 0) is 23.8 Å². The summed E-state index contributed by atoms with van der Waals surface area (Å²) in [6.45, 7) is 0. The van der Waals surface area contributed by atoms with Crippen LogP contribution in [0.15, 0.2) is 58.7 Å². The van der Waals surface area contributed by atoms with E-state index < -0.39 is 5.92 Å². The molecule has 1 unspecified atom stereocenters. The molecule has 0 saturated heterocycles. The Labute approximate surface area is 162 Å². The highest BCUT2D eigenvalue weighted by atomic mass is 35.5. The largest absolute Gasteiger partial charge is 0.439 e. The van der Waals surface area contributed by atoms with Gasteiger partial charge >= 0.3 is 0 Å². The summed E-state index contributed by atoms with van der Waals surface area (Å²) in [5, 5.41) is 11.0. The molecule has 2 heterocycles. The second-order valence-electron chi connectivity index (χ2n) is 5.70. The van der Waals surface area contributed by atoms with Crippen LogP contribution < -0.4 is 15.2 Å². The predicted molar refractivity (Wildman–Crippen MR) is 104 cm³/mol. The van der Waals surface area contributed by atoms with Crippen molar-refractivity contribution in [3.8, 4) is 11.8 Å². The second-order valence-corrected chi connectivity index (χ2v) is 7.50. The van der Waals surface area contributed by atoms with Crippen molar-refractivity contribution in [1.29, 1.82) is 5.26 Å². The van der Waals surface area contributed by atoms with Crippen LogP contribution in [0.2, 0.25) is 10.0 Å². The van der Waals surface area contributed by atoms with E-state index in [-0.39, 0.29) is 21.2 Å². The Bertz CT molecular complexity index is 1190. The summed E-state index contributed by atoms with van der Waals surface area (Å²) in [4.78, 5) is 12.9. The molecule has 0 radical (unpaired) electrons. The number of nitrogens with two attached hydrogens (primary N) is 1. The minimum absolute atomic E-state index is 0.0400. The summed E-state index contributed by atoms with van der Waals surface area (Å²) in [5.41, 5.74) is 7.06. The number of allylic oxidation sites excluding steroid dienone is 1. The van der Waals surface area contributed by atoms with Crippen molar-refractivity contribution in [3.63, 3.8) is 0 Å². The number of fused-ring (bicyclic) bond motifs is 3. The van der Waals surface area contributed by atoms with Crippen LogP contribution in [-0.4, -0.2) is 0 Å². The summed E-state index contributed by atoms with van der Waals surface area (Å²) < 4.78 is 6.29. The highest BCUT2D eigenvalue weighted by Crippen LogP contribution is 2.46. The summed E-state index contributed by atoms with van der Waals surface area (Å²) in [6.07, 6.45) is 0. The molecule has 0 bridgehead atoms. The van der Waals surface area contributed by atoms with Crippen LogP contribution in [0.1, 0.15) is 17.0 Å². The minimum atomic E-state index is -0.733. The van der Waals surface area contributed by atoms with E-state index in [0.717, 1.165) is 21.4 Å². The molecule has 2 N–H and O–H groups in total. The molecule has 1 aromatic heterocycles. The van der Waals surface area contributed by atoms with Crippen LogP contribution in [0.5, 0.6) is 5.75 Å². The molecule has 3 aromatic rings. The fourth-order valence-electron chi connectivity index (χ4n) is 3.12. The molecular weight excluding hydrogens is 391 g/mol. The first-order valence-electron chi connectivity index (χ1n) is 7.60. The van der Waals surface area contributed by atoms with E-state index in [1.807, 2.05) is 24.3 Å². The molecule has 4 nitrogen and oxygen atoms in total. The Balaban J connectivity index is 2.13. The molecule has 7 heteroatoms. The summed E-state index contributed by atoms with van der Waals surface area (Å²) >= 11 is 13.6. The van der Waals surface area contributed by atoms with Crippen molar-refractivity contribution in [2.24, 2.45) is 5.73 Å². The maximum absolute atomic E-state index is 12.9. The van der Waals surface area contributed by atoms with Gasteiger partial charge in [0.25, 0.3) is 0 Å². The van der Waals surface area contributed by atoms with Crippen molar-refractivity contribution in [3.05, 3.63) is 84.6 Å². The maximum atomic E-state index is 12.9. The first-order valence-corrected chi connectivity index (χ1v) is 9.17.